The van der Waals surface area contributed by atoms with Crippen LogP contribution in [0, 0.1) is 0 Å². The molecule has 9 nitrogen and oxygen atoms in total. The van der Waals surface area contributed by atoms with Gasteiger partial charge in [-0.1, -0.05) is 6.07 Å². The summed E-state index contributed by atoms with van der Waals surface area (Å²) in [4.78, 5) is 38.7. The van der Waals surface area contributed by atoms with Crippen LogP contribution < -0.4 is 4.90 Å². The Morgan fingerprint density at radius 1 is 0.933 bits per heavy atom. The molecule has 0 saturated carbocycles. The molecule has 1 aliphatic heterocycles. The topological polar surface area (TPSA) is 92.9 Å². The largest absolute Gasteiger partial charge is 0.352 e. The van der Waals surface area contributed by atoms with Gasteiger partial charge in [-0.25, -0.2) is 15.0 Å². The van der Waals surface area contributed by atoms with Gasteiger partial charge in [-0.3, -0.25) is 14.8 Å². The summed E-state index contributed by atoms with van der Waals surface area (Å²) in [6.07, 6.45) is 10.2. The van der Waals surface area contributed by atoms with Crippen LogP contribution in [0.25, 0.3) is 11.2 Å². The number of anilines is 1. The van der Waals surface area contributed by atoms with Gasteiger partial charge in [-0.2, -0.15) is 0 Å². The number of carbonyl (C=O) groups is 1. The fourth-order valence-electron chi connectivity index (χ4n) is 3.62. The zero-order valence-corrected chi connectivity index (χ0v) is 16.3. The number of nitrogens with zero attached hydrogens (tertiary/aromatic N) is 8. The van der Waals surface area contributed by atoms with Gasteiger partial charge >= 0.3 is 0 Å². The summed E-state index contributed by atoms with van der Waals surface area (Å²) in [5, 5.41) is 0. The van der Waals surface area contributed by atoms with Gasteiger partial charge in [0.2, 0.25) is 0 Å². The number of aromatic nitrogens is 6. The van der Waals surface area contributed by atoms with Crippen LogP contribution in [0.2, 0.25) is 0 Å². The highest BCUT2D eigenvalue weighted by Crippen LogP contribution is 2.17. The first-order valence-corrected chi connectivity index (χ1v) is 9.79. The highest BCUT2D eigenvalue weighted by Gasteiger charge is 2.23. The second-order valence-corrected chi connectivity index (χ2v) is 7.10. The number of amides is 1. The summed E-state index contributed by atoms with van der Waals surface area (Å²) < 4.78 is 1.94. The molecule has 0 spiro atoms. The van der Waals surface area contributed by atoms with E-state index in [0.717, 1.165) is 30.2 Å². The van der Waals surface area contributed by atoms with Crippen molar-refractivity contribution in [1.82, 2.24) is 34.4 Å². The molecule has 0 atom stereocenters. The van der Waals surface area contributed by atoms with Crippen molar-refractivity contribution in [2.45, 2.75) is 6.54 Å². The number of carbonyl (C=O) groups excluding carboxylic acids is 1. The van der Waals surface area contributed by atoms with Crippen molar-refractivity contribution in [1.29, 1.82) is 0 Å². The highest BCUT2D eigenvalue weighted by molar-refractivity contribution is 5.96. The minimum Gasteiger partial charge on any atom is -0.352 e. The van der Waals surface area contributed by atoms with Crippen LogP contribution in [0.3, 0.4) is 0 Å². The molecule has 9 heteroatoms. The number of hydrogen-bond donors (Lipinski definition) is 0. The van der Waals surface area contributed by atoms with Crippen molar-refractivity contribution < 1.29 is 4.79 Å². The quantitative estimate of drug-likeness (QED) is 0.514. The minimum atomic E-state index is -0.0255. The molecule has 5 heterocycles. The lowest BCUT2D eigenvalue weighted by Crippen LogP contribution is -2.49. The summed E-state index contributed by atoms with van der Waals surface area (Å²) in [6.45, 7) is 3.28. The third-order valence-electron chi connectivity index (χ3n) is 5.20. The van der Waals surface area contributed by atoms with E-state index in [1.165, 1.54) is 0 Å². The van der Waals surface area contributed by atoms with Gasteiger partial charge < -0.3 is 14.4 Å². The predicted octanol–water partition coefficient (Wildman–Crippen LogP) is 1.63. The van der Waals surface area contributed by atoms with E-state index in [9.17, 15) is 4.79 Å². The van der Waals surface area contributed by atoms with Gasteiger partial charge in [0, 0.05) is 51.0 Å². The van der Waals surface area contributed by atoms with E-state index >= 15 is 0 Å². The number of piperazine rings is 1. The molecule has 4 aromatic rings. The molecule has 150 valence electrons. The summed E-state index contributed by atoms with van der Waals surface area (Å²) in [5.74, 6) is 0.814. The molecule has 1 fully saturated rings. The Morgan fingerprint density at radius 3 is 2.60 bits per heavy atom. The van der Waals surface area contributed by atoms with Gasteiger partial charge in [-0.05, 0) is 18.2 Å². The molecule has 0 aromatic carbocycles. The Morgan fingerprint density at radius 2 is 1.83 bits per heavy atom. The molecule has 0 N–H and O–H groups in total. The number of pyridine rings is 2. The maximum Gasteiger partial charge on any atom is 0.255 e. The predicted molar refractivity (Wildman–Crippen MR) is 111 cm³/mol. The Hall–Kier alpha value is -3.88. The number of hydrogen-bond acceptors (Lipinski definition) is 7. The molecular weight excluding hydrogens is 380 g/mol. The van der Waals surface area contributed by atoms with E-state index in [0.29, 0.717) is 30.7 Å². The second-order valence-electron chi connectivity index (χ2n) is 7.10. The van der Waals surface area contributed by atoms with Crippen molar-refractivity contribution in [2.24, 2.45) is 0 Å². The van der Waals surface area contributed by atoms with Crippen LogP contribution in [0.15, 0.2) is 61.6 Å². The third kappa shape index (κ3) is 3.57. The smallest absolute Gasteiger partial charge is 0.255 e. The average Bonchev–Trinajstić information content (AvgIpc) is 3.22. The molecule has 1 amide bonds. The van der Waals surface area contributed by atoms with Crippen LogP contribution in [-0.2, 0) is 6.54 Å². The number of rotatable bonds is 4. The first-order valence-electron chi connectivity index (χ1n) is 9.79. The SMILES string of the molecule is O=C(c1cnc2c(c1)ncn2Cc1ccccn1)N1CCN(c2cnccn2)CC1. The molecule has 5 rings (SSSR count). The van der Waals surface area contributed by atoms with Crippen molar-refractivity contribution in [2.75, 3.05) is 31.1 Å². The van der Waals surface area contributed by atoms with Crippen LogP contribution in [0.4, 0.5) is 5.82 Å². The molecule has 0 bridgehead atoms. The lowest BCUT2D eigenvalue weighted by atomic mass is 10.2. The molecule has 4 aromatic heterocycles. The second kappa shape index (κ2) is 7.86. The normalized spacial score (nSPS) is 14.3. The van der Waals surface area contributed by atoms with E-state index in [4.69, 9.17) is 0 Å². The molecule has 1 aliphatic rings. The average molecular weight is 400 g/mol. The van der Waals surface area contributed by atoms with E-state index in [2.05, 4.69) is 29.8 Å². The standard InChI is InChI=1S/C21H20N8O/c30-21(28-9-7-27(8-10-28)19-13-22-5-6-24-19)16-11-18-20(25-12-16)29(15-26-18)14-17-3-1-2-4-23-17/h1-6,11-13,15H,7-10,14H2. The van der Waals surface area contributed by atoms with Crippen LogP contribution >= 0.6 is 0 Å². The third-order valence-corrected chi connectivity index (χ3v) is 5.20. The van der Waals surface area contributed by atoms with Gasteiger partial charge in [0.25, 0.3) is 5.91 Å². The molecule has 0 unspecified atom stereocenters. The molecule has 1 saturated heterocycles. The van der Waals surface area contributed by atoms with Gasteiger partial charge in [-0.15, -0.1) is 0 Å². The van der Waals surface area contributed by atoms with Crippen molar-refractivity contribution in [3.63, 3.8) is 0 Å². The first-order chi connectivity index (χ1) is 14.8. The Kier molecular flexibility index (Phi) is 4.76. The summed E-state index contributed by atoms with van der Waals surface area (Å²) >= 11 is 0. The summed E-state index contributed by atoms with van der Waals surface area (Å²) in [7, 11) is 0. The van der Waals surface area contributed by atoms with E-state index in [1.54, 1.807) is 37.3 Å². The van der Waals surface area contributed by atoms with Crippen molar-refractivity contribution in [3.05, 3.63) is 72.8 Å². The fourth-order valence-corrected chi connectivity index (χ4v) is 3.62. The monoisotopic (exact) mass is 400 g/mol. The van der Waals surface area contributed by atoms with E-state index < -0.39 is 0 Å². The maximum atomic E-state index is 13.0. The van der Waals surface area contributed by atoms with Gasteiger partial charge in [0.1, 0.15) is 11.3 Å². The zero-order valence-electron chi connectivity index (χ0n) is 16.3. The minimum absolute atomic E-state index is 0.0255. The zero-order chi connectivity index (χ0) is 20.3. The molecule has 0 aliphatic carbocycles. The van der Waals surface area contributed by atoms with Crippen molar-refractivity contribution >= 4 is 22.9 Å². The Balaban J connectivity index is 1.29. The summed E-state index contributed by atoms with van der Waals surface area (Å²) in [5.41, 5.74) is 2.93. The lowest BCUT2D eigenvalue weighted by molar-refractivity contribution is 0.0746. The van der Waals surface area contributed by atoms with E-state index in [1.807, 2.05) is 33.7 Å². The van der Waals surface area contributed by atoms with Crippen LogP contribution in [0.1, 0.15) is 16.1 Å². The molecular formula is C21H20N8O. The van der Waals surface area contributed by atoms with Gasteiger partial charge in [0.05, 0.1) is 30.3 Å². The Labute approximate surface area is 173 Å². The van der Waals surface area contributed by atoms with Gasteiger partial charge in [0.15, 0.2) is 5.65 Å². The fraction of sp³-hybridized carbons (Fsp3) is 0.238. The first kappa shape index (κ1) is 18.2. The Bertz CT molecular complexity index is 1150. The van der Waals surface area contributed by atoms with Crippen LogP contribution in [0.5, 0.6) is 0 Å². The van der Waals surface area contributed by atoms with E-state index in [-0.39, 0.29) is 5.91 Å². The molecule has 30 heavy (non-hydrogen) atoms. The lowest BCUT2D eigenvalue weighted by Gasteiger charge is -2.35. The maximum absolute atomic E-state index is 13.0. The molecule has 0 radical (unpaired) electrons. The van der Waals surface area contributed by atoms with Crippen molar-refractivity contribution in [3.8, 4) is 0 Å². The number of imidazole rings is 1. The highest BCUT2D eigenvalue weighted by atomic mass is 16.2. The van der Waals surface area contributed by atoms with Crippen LogP contribution in [-0.4, -0.2) is 66.5 Å². The number of fused-ring (bicyclic) bond motifs is 1. The summed E-state index contributed by atoms with van der Waals surface area (Å²) in [6, 6.07) is 7.62.